The van der Waals surface area contributed by atoms with Crippen LogP contribution in [0.2, 0.25) is 0 Å². The van der Waals surface area contributed by atoms with Gasteiger partial charge in [-0.25, -0.2) is 0 Å². The van der Waals surface area contributed by atoms with Crippen LogP contribution in [-0.4, -0.2) is 35.4 Å². The Bertz CT molecular complexity index is 686. The third kappa shape index (κ3) is 2.40. The van der Waals surface area contributed by atoms with Crippen molar-refractivity contribution in [3.05, 3.63) is 65.5 Å². The molecule has 0 aliphatic carbocycles. The molecule has 112 valence electrons. The standard InChI is InChI=1S/C18H19N3O/c22-18-15-7-4-8-19-17(15)16-12-21(11-14(16)9-20-18)10-13-5-2-1-3-6-13/h1-8,14,16H,9-12H2,(H,20,22)/t14?,16-/m1/s1. The van der Waals surface area contributed by atoms with Gasteiger partial charge in [-0.2, -0.15) is 0 Å². The van der Waals surface area contributed by atoms with E-state index in [-0.39, 0.29) is 5.91 Å². The van der Waals surface area contributed by atoms with Gasteiger partial charge in [0.05, 0.1) is 11.3 Å². The first kappa shape index (κ1) is 13.5. The van der Waals surface area contributed by atoms with Crippen molar-refractivity contribution < 1.29 is 4.79 Å². The van der Waals surface area contributed by atoms with E-state index in [4.69, 9.17) is 0 Å². The highest BCUT2D eigenvalue weighted by Crippen LogP contribution is 2.35. The predicted octanol–water partition coefficient (Wildman–Crippen LogP) is 2.04. The smallest absolute Gasteiger partial charge is 0.253 e. The van der Waals surface area contributed by atoms with Gasteiger partial charge in [-0.05, 0) is 23.6 Å². The van der Waals surface area contributed by atoms with Crippen LogP contribution in [0.5, 0.6) is 0 Å². The highest BCUT2D eigenvalue weighted by molar-refractivity contribution is 5.95. The number of pyridine rings is 1. The van der Waals surface area contributed by atoms with E-state index >= 15 is 0 Å². The lowest BCUT2D eigenvalue weighted by atomic mass is 9.91. The minimum absolute atomic E-state index is 0.0205. The fourth-order valence-electron chi connectivity index (χ4n) is 3.67. The lowest BCUT2D eigenvalue weighted by Crippen LogP contribution is -2.29. The van der Waals surface area contributed by atoms with Crippen LogP contribution < -0.4 is 5.32 Å². The van der Waals surface area contributed by atoms with Gasteiger partial charge in [0.15, 0.2) is 0 Å². The first-order chi connectivity index (χ1) is 10.8. The van der Waals surface area contributed by atoms with Crippen molar-refractivity contribution >= 4 is 5.91 Å². The van der Waals surface area contributed by atoms with Crippen LogP contribution in [0.3, 0.4) is 0 Å². The first-order valence-electron chi connectivity index (χ1n) is 7.80. The Kier molecular flexibility index (Phi) is 3.39. The van der Waals surface area contributed by atoms with Gasteiger partial charge in [0.1, 0.15) is 0 Å². The molecule has 1 N–H and O–H groups in total. The Labute approximate surface area is 130 Å². The highest BCUT2D eigenvalue weighted by atomic mass is 16.1. The average Bonchev–Trinajstić information content (AvgIpc) is 2.91. The summed E-state index contributed by atoms with van der Waals surface area (Å²) in [5, 5.41) is 3.05. The molecule has 1 saturated heterocycles. The summed E-state index contributed by atoms with van der Waals surface area (Å²) in [5.41, 5.74) is 3.05. The summed E-state index contributed by atoms with van der Waals surface area (Å²) < 4.78 is 0. The Morgan fingerprint density at radius 1 is 1.14 bits per heavy atom. The Balaban J connectivity index is 1.58. The number of rotatable bonds is 2. The van der Waals surface area contributed by atoms with Crippen LogP contribution in [0.4, 0.5) is 0 Å². The zero-order valence-corrected chi connectivity index (χ0v) is 12.4. The van der Waals surface area contributed by atoms with Gasteiger partial charge in [0.2, 0.25) is 0 Å². The van der Waals surface area contributed by atoms with Crippen LogP contribution in [0.1, 0.15) is 27.5 Å². The normalized spacial score (nSPS) is 24.3. The first-order valence-corrected chi connectivity index (χ1v) is 7.80. The molecule has 0 saturated carbocycles. The molecule has 4 nitrogen and oxygen atoms in total. The van der Waals surface area contributed by atoms with Crippen molar-refractivity contribution in [1.29, 1.82) is 0 Å². The third-order valence-electron chi connectivity index (χ3n) is 4.72. The summed E-state index contributed by atoms with van der Waals surface area (Å²) in [5.74, 6) is 0.815. The van der Waals surface area contributed by atoms with Gasteiger partial charge in [0.25, 0.3) is 5.91 Å². The molecule has 2 aromatic rings. The lowest BCUT2D eigenvalue weighted by Gasteiger charge is -2.16. The second-order valence-electron chi connectivity index (χ2n) is 6.19. The maximum Gasteiger partial charge on any atom is 0.253 e. The number of hydrogen-bond donors (Lipinski definition) is 1. The predicted molar refractivity (Wildman–Crippen MR) is 84.5 cm³/mol. The Morgan fingerprint density at radius 2 is 2.00 bits per heavy atom. The Morgan fingerprint density at radius 3 is 2.86 bits per heavy atom. The van der Waals surface area contributed by atoms with E-state index in [1.165, 1.54) is 5.56 Å². The molecular formula is C18H19N3O. The summed E-state index contributed by atoms with van der Waals surface area (Å²) >= 11 is 0. The van der Waals surface area contributed by atoms with Crippen LogP contribution >= 0.6 is 0 Å². The van der Waals surface area contributed by atoms with Crippen LogP contribution in [-0.2, 0) is 6.54 Å². The largest absolute Gasteiger partial charge is 0.352 e. The number of hydrogen-bond acceptors (Lipinski definition) is 3. The topological polar surface area (TPSA) is 45.2 Å². The van der Waals surface area contributed by atoms with Crippen LogP contribution in [0, 0.1) is 5.92 Å². The SMILES string of the molecule is O=C1NCC2CN(Cc3ccccc3)C[C@H]2c2ncccc21. The summed E-state index contributed by atoms with van der Waals surface area (Å²) in [6.45, 7) is 3.68. The maximum absolute atomic E-state index is 12.1. The molecule has 4 rings (SSSR count). The quantitative estimate of drug-likeness (QED) is 0.921. The van der Waals surface area contributed by atoms with Crippen molar-refractivity contribution in [2.24, 2.45) is 5.92 Å². The van der Waals surface area contributed by atoms with E-state index in [1.807, 2.05) is 18.2 Å². The maximum atomic E-state index is 12.1. The zero-order valence-electron chi connectivity index (χ0n) is 12.4. The molecule has 2 aliphatic heterocycles. The number of fused-ring (bicyclic) bond motifs is 3. The molecule has 1 aromatic heterocycles. The fourth-order valence-corrected chi connectivity index (χ4v) is 3.67. The van der Waals surface area contributed by atoms with Crippen molar-refractivity contribution in [3.63, 3.8) is 0 Å². The second-order valence-corrected chi connectivity index (χ2v) is 6.19. The molecule has 2 atom stereocenters. The molecule has 0 spiro atoms. The molecule has 2 aliphatic rings. The highest BCUT2D eigenvalue weighted by Gasteiger charge is 2.38. The summed E-state index contributed by atoms with van der Waals surface area (Å²) in [6, 6.07) is 14.3. The van der Waals surface area contributed by atoms with E-state index in [1.54, 1.807) is 6.20 Å². The van der Waals surface area contributed by atoms with Crippen LogP contribution in [0.15, 0.2) is 48.7 Å². The minimum atomic E-state index is 0.0205. The van der Waals surface area contributed by atoms with E-state index in [0.717, 1.165) is 37.4 Å². The number of aromatic nitrogens is 1. The number of nitrogens with zero attached hydrogens (tertiary/aromatic N) is 2. The van der Waals surface area contributed by atoms with Gasteiger partial charge in [-0.1, -0.05) is 30.3 Å². The van der Waals surface area contributed by atoms with Crippen molar-refractivity contribution in [2.45, 2.75) is 12.5 Å². The van der Waals surface area contributed by atoms with Gasteiger partial charge >= 0.3 is 0 Å². The van der Waals surface area contributed by atoms with Gasteiger partial charge < -0.3 is 5.32 Å². The number of nitrogens with one attached hydrogen (secondary N) is 1. The molecule has 1 amide bonds. The minimum Gasteiger partial charge on any atom is -0.352 e. The Hall–Kier alpha value is -2.20. The van der Waals surface area contributed by atoms with E-state index in [9.17, 15) is 4.79 Å². The summed E-state index contributed by atoms with van der Waals surface area (Å²) in [7, 11) is 0. The van der Waals surface area contributed by atoms with Crippen LogP contribution in [0.25, 0.3) is 0 Å². The van der Waals surface area contributed by atoms with E-state index in [0.29, 0.717) is 11.8 Å². The van der Waals surface area contributed by atoms with Gasteiger partial charge in [-0.15, -0.1) is 0 Å². The van der Waals surface area contributed by atoms with Gasteiger partial charge in [-0.3, -0.25) is 14.7 Å². The molecule has 1 aromatic carbocycles. The third-order valence-corrected chi connectivity index (χ3v) is 4.72. The molecule has 0 bridgehead atoms. The molecule has 1 fully saturated rings. The average molecular weight is 293 g/mol. The summed E-state index contributed by atoms with van der Waals surface area (Å²) in [4.78, 5) is 19.1. The number of amides is 1. The van der Waals surface area contributed by atoms with E-state index < -0.39 is 0 Å². The van der Waals surface area contributed by atoms with Gasteiger partial charge in [0, 0.05) is 38.3 Å². The number of benzene rings is 1. The lowest BCUT2D eigenvalue weighted by molar-refractivity contribution is 0.0951. The zero-order chi connectivity index (χ0) is 14.9. The molecule has 4 heteroatoms. The molecule has 1 unspecified atom stereocenters. The number of carbonyl (C=O) groups excluding carboxylic acids is 1. The van der Waals surface area contributed by atoms with E-state index in [2.05, 4.69) is 39.5 Å². The summed E-state index contributed by atoms with van der Waals surface area (Å²) in [6.07, 6.45) is 1.80. The van der Waals surface area contributed by atoms with Crippen molar-refractivity contribution in [1.82, 2.24) is 15.2 Å². The van der Waals surface area contributed by atoms with Crippen molar-refractivity contribution in [2.75, 3.05) is 19.6 Å². The molecule has 22 heavy (non-hydrogen) atoms. The molecule has 0 radical (unpaired) electrons. The monoisotopic (exact) mass is 293 g/mol. The molecule has 3 heterocycles. The fraction of sp³-hybridized carbons (Fsp3) is 0.333. The van der Waals surface area contributed by atoms with Crippen molar-refractivity contribution in [3.8, 4) is 0 Å². The molecular weight excluding hydrogens is 274 g/mol. The number of carbonyl (C=O) groups is 1. The second kappa shape index (κ2) is 5.54. The number of likely N-dealkylation sites (tertiary alicyclic amines) is 1.